The quantitative estimate of drug-likeness (QED) is 0.172. The first-order valence-corrected chi connectivity index (χ1v) is 17.6. The molecule has 0 N–H and O–H groups in total. The standard InChI is InChI=1S/C45H42ClN2/c1-7-47-37-25-21-29-15-9-11-17-31(29)41(37)44(3,4)39(47)27-23-35-33-19-13-14-20-34(33)36(43(35)46)24-28-40-45(5,6)42-32-18-12-10-16-30(32)22-26-38(42)48(40)8-2/h9-28H,7-8H2,1-6H3/q+1. The second-order valence-corrected chi connectivity index (χ2v) is 14.6. The Kier molecular flexibility index (Phi) is 7.16. The number of rotatable bonds is 5. The third-order valence-electron chi connectivity index (χ3n) is 10.9. The third kappa shape index (κ3) is 4.35. The zero-order valence-corrected chi connectivity index (χ0v) is 29.5. The van der Waals surface area contributed by atoms with Crippen LogP contribution in [0.2, 0.25) is 0 Å². The maximum Gasteiger partial charge on any atom is 0.210 e. The van der Waals surface area contributed by atoms with E-state index in [0.29, 0.717) is 0 Å². The summed E-state index contributed by atoms with van der Waals surface area (Å²) in [5.41, 5.74) is 12.2. The van der Waals surface area contributed by atoms with Crippen LogP contribution in [-0.2, 0) is 10.8 Å². The van der Waals surface area contributed by atoms with Crippen LogP contribution in [0, 0.1) is 0 Å². The summed E-state index contributed by atoms with van der Waals surface area (Å²) in [5, 5.41) is 6.03. The lowest BCUT2D eigenvalue weighted by molar-refractivity contribution is -0.433. The first-order chi connectivity index (χ1) is 23.2. The fourth-order valence-electron chi connectivity index (χ4n) is 8.74. The Morgan fingerprint density at radius 1 is 0.667 bits per heavy atom. The average molecular weight is 646 g/mol. The minimum absolute atomic E-state index is 0.159. The van der Waals surface area contributed by atoms with Gasteiger partial charge in [-0.15, -0.1) is 0 Å². The number of anilines is 1. The maximum atomic E-state index is 7.39. The van der Waals surface area contributed by atoms with Crippen molar-refractivity contribution in [3.05, 3.63) is 154 Å². The van der Waals surface area contributed by atoms with E-state index in [1.807, 2.05) is 0 Å². The Hall–Kier alpha value is -4.66. The van der Waals surface area contributed by atoms with Crippen LogP contribution < -0.4 is 4.90 Å². The van der Waals surface area contributed by atoms with Gasteiger partial charge in [-0.25, -0.2) is 0 Å². The largest absolute Gasteiger partial charge is 0.344 e. The molecule has 48 heavy (non-hydrogen) atoms. The zero-order chi connectivity index (χ0) is 33.4. The Balaban J connectivity index is 1.22. The average Bonchev–Trinajstić information content (AvgIpc) is 3.59. The molecule has 2 nitrogen and oxygen atoms in total. The van der Waals surface area contributed by atoms with Gasteiger partial charge in [0, 0.05) is 52.2 Å². The van der Waals surface area contributed by atoms with Crippen molar-refractivity contribution in [2.75, 3.05) is 18.0 Å². The van der Waals surface area contributed by atoms with Gasteiger partial charge in [0.05, 0.1) is 10.4 Å². The molecule has 0 spiro atoms. The van der Waals surface area contributed by atoms with Crippen LogP contribution in [0.15, 0.2) is 132 Å². The lowest BCUT2D eigenvalue weighted by atomic mass is 9.79. The minimum Gasteiger partial charge on any atom is -0.344 e. The van der Waals surface area contributed by atoms with Crippen molar-refractivity contribution in [3.8, 4) is 0 Å². The second kappa shape index (κ2) is 11.2. The smallest absolute Gasteiger partial charge is 0.210 e. The van der Waals surface area contributed by atoms with Crippen molar-refractivity contribution >= 4 is 61.4 Å². The highest BCUT2D eigenvalue weighted by atomic mass is 35.5. The van der Waals surface area contributed by atoms with Gasteiger partial charge >= 0.3 is 0 Å². The maximum absolute atomic E-state index is 7.39. The molecule has 2 heterocycles. The van der Waals surface area contributed by atoms with E-state index in [2.05, 4.69) is 172 Å². The number of benzene rings is 5. The first-order valence-electron chi connectivity index (χ1n) is 17.3. The molecule has 5 aromatic rings. The van der Waals surface area contributed by atoms with E-state index in [0.717, 1.165) is 29.3 Å². The molecule has 1 aliphatic carbocycles. The molecular weight excluding hydrogens is 604 g/mol. The number of nitrogens with zero attached hydrogens (tertiary/aromatic N) is 2. The van der Waals surface area contributed by atoms with Crippen LogP contribution >= 0.6 is 11.6 Å². The molecule has 0 saturated heterocycles. The lowest BCUT2D eigenvalue weighted by Gasteiger charge is -2.26. The SMILES string of the molecule is CCN1/C(=C/C=C2C(Cl)=C(/C=C/C3=[N+](CC)c4ccc5ccccc5c4C3(C)C)c3ccccc3/2)C(C)(C)c2c1ccc1ccccc21. The topological polar surface area (TPSA) is 6.25 Å². The third-order valence-corrected chi connectivity index (χ3v) is 11.3. The molecule has 0 bridgehead atoms. The van der Waals surface area contributed by atoms with E-state index in [4.69, 9.17) is 11.6 Å². The van der Waals surface area contributed by atoms with E-state index in [9.17, 15) is 0 Å². The molecule has 0 saturated carbocycles. The van der Waals surface area contributed by atoms with Gasteiger partial charge in [0.1, 0.15) is 6.54 Å². The first kappa shape index (κ1) is 30.7. The molecule has 238 valence electrons. The summed E-state index contributed by atoms with van der Waals surface area (Å²) in [7, 11) is 0. The summed E-state index contributed by atoms with van der Waals surface area (Å²) in [5.74, 6) is 0. The van der Waals surface area contributed by atoms with Gasteiger partial charge in [0.25, 0.3) is 0 Å². The van der Waals surface area contributed by atoms with E-state index < -0.39 is 0 Å². The molecule has 2 aliphatic heterocycles. The van der Waals surface area contributed by atoms with Crippen LogP contribution in [0.25, 0.3) is 32.7 Å². The second-order valence-electron chi connectivity index (χ2n) is 14.2. The molecule has 0 atom stereocenters. The van der Waals surface area contributed by atoms with Crippen molar-refractivity contribution in [3.63, 3.8) is 0 Å². The fourth-order valence-corrected chi connectivity index (χ4v) is 9.07. The summed E-state index contributed by atoms with van der Waals surface area (Å²) in [6.45, 7) is 15.7. The highest BCUT2D eigenvalue weighted by Crippen LogP contribution is 2.52. The molecule has 5 aromatic carbocycles. The predicted molar refractivity (Wildman–Crippen MR) is 207 cm³/mol. The van der Waals surface area contributed by atoms with Crippen molar-refractivity contribution < 1.29 is 4.58 Å². The number of likely N-dealkylation sites (N-methyl/N-ethyl adjacent to an activating group) is 1. The fraction of sp³-hybridized carbons (Fsp3) is 0.222. The number of halogens is 1. The van der Waals surface area contributed by atoms with Crippen LogP contribution in [0.4, 0.5) is 11.4 Å². The van der Waals surface area contributed by atoms with Crippen molar-refractivity contribution in [1.29, 1.82) is 0 Å². The van der Waals surface area contributed by atoms with Crippen molar-refractivity contribution in [2.45, 2.75) is 52.4 Å². The zero-order valence-electron chi connectivity index (χ0n) is 28.7. The minimum atomic E-state index is -0.159. The Bertz CT molecular complexity index is 2320. The molecule has 0 aromatic heterocycles. The summed E-state index contributed by atoms with van der Waals surface area (Å²) in [6, 6.07) is 35.2. The Labute approximate surface area is 289 Å². The van der Waals surface area contributed by atoms with Crippen LogP contribution in [0.1, 0.15) is 63.8 Å². The number of fused-ring (bicyclic) bond motifs is 7. The number of allylic oxidation sites excluding steroid dienone is 8. The summed E-state index contributed by atoms with van der Waals surface area (Å²) in [4.78, 5) is 2.47. The van der Waals surface area contributed by atoms with E-state index in [1.54, 1.807) is 0 Å². The number of hydrogen-bond donors (Lipinski definition) is 0. The molecular formula is C45H42ClN2+. The molecule has 0 unspecified atom stereocenters. The normalized spacial score (nSPS) is 19.4. The van der Waals surface area contributed by atoms with Gasteiger partial charge in [-0.05, 0) is 90.2 Å². The molecule has 0 radical (unpaired) electrons. The van der Waals surface area contributed by atoms with Crippen molar-refractivity contribution in [2.24, 2.45) is 0 Å². The molecule has 8 rings (SSSR count). The van der Waals surface area contributed by atoms with E-state index >= 15 is 0 Å². The van der Waals surface area contributed by atoms with Gasteiger partial charge in [-0.2, -0.15) is 4.58 Å². The van der Waals surface area contributed by atoms with Gasteiger partial charge in [0.15, 0.2) is 5.71 Å². The highest BCUT2D eigenvalue weighted by molar-refractivity contribution is 6.42. The predicted octanol–water partition coefficient (Wildman–Crippen LogP) is 11.7. The van der Waals surface area contributed by atoms with E-state index in [-0.39, 0.29) is 10.8 Å². The summed E-state index contributed by atoms with van der Waals surface area (Å²) >= 11 is 7.39. The van der Waals surface area contributed by atoms with Gasteiger partial charge < -0.3 is 4.90 Å². The molecule has 0 fully saturated rings. The molecule has 3 aliphatic rings. The highest BCUT2D eigenvalue weighted by Gasteiger charge is 2.45. The van der Waals surface area contributed by atoms with Crippen molar-refractivity contribution in [1.82, 2.24) is 0 Å². The van der Waals surface area contributed by atoms with E-state index in [1.165, 1.54) is 66.6 Å². The lowest BCUT2D eigenvalue weighted by Crippen LogP contribution is -2.27. The van der Waals surface area contributed by atoms with Gasteiger partial charge in [-0.3, -0.25) is 0 Å². The van der Waals surface area contributed by atoms with Crippen LogP contribution in [0.5, 0.6) is 0 Å². The summed E-state index contributed by atoms with van der Waals surface area (Å²) in [6.07, 6.45) is 9.13. The monoisotopic (exact) mass is 645 g/mol. The van der Waals surface area contributed by atoms with Gasteiger partial charge in [-0.1, -0.05) is 110 Å². The number of hydrogen-bond acceptors (Lipinski definition) is 1. The van der Waals surface area contributed by atoms with Crippen LogP contribution in [-0.4, -0.2) is 23.4 Å². The Morgan fingerprint density at radius 3 is 1.98 bits per heavy atom. The Morgan fingerprint density at radius 2 is 1.29 bits per heavy atom. The molecule has 0 amide bonds. The summed E-state index contributed by atoms with van der Waals surface area (Å²) < 4.78 is 2.47. The van der Waals surface area contributed by atoms with Crippen LogP contribution in [0.3, 0.4) is 0 Å². The molecule has 3 heteroatoms. The van der Waals surface area contributed by atoms with Gasteiger partial charge in [0.2, 0.25) is 5.69 Å².